The van der Waals surface area contributed by atoms with Crippen LogP contribution in [0.3, 0.4) is 0 Å². The van der Waals surface area contributed by atoms with Crippen LogP contribution in [0.1, 0.15) is 91.7 Å². The lowest BCUT2D eigenvalue weighted by Crippen LogP contribution is -2.48. The Morgan fingerprint density at radius 1 is 1.19 bits per heavy atom. The van der Waals surface area contributed by atoms with Crippen LogP contribution in [-0.2, 0) is 4.79 Å². The number of carboxylic acids is 1. The van der Waals surface area contributed by atoms with Gasteiger partial charge in [-0.25, -0.2) is 4.79 Å². The fourth-order valence-corrected chi connectivity index (χ4v) is 7.34. The van der Waals surface area contributed by atoms with Gasteiger partial charge in [-0.1, -0.05) is 19.1 Å². The molecule has 2 aromatic rings. The Balaban J connectivity index is 1.32. The van der Waals surface area contributed by atoms with Crippen molar-refractivity contribution in [2.45, 2.75) is 81.8 Å². The topological polar surface area (TPSA) is 93.6 Å². The van der Waals surface area contributed by atoms with E-state index in [1.165, 1.54) is 5.56 Å². The van der Waals surface area contributed by atoms with E-state index in [0.717, 1.165) is 61.5 Å². The first-order chi connectivity index (χ1) is 15.3. The van der Waals surface area contributed by atoms with Crippen molar-refractivity contribution in [2.75, 3.05) is 6.54 Å². The first-order valence-electron chi connectivity index (χ1n) is 12.2. The monoisotopic (exact) mass is 436 g/mol. The molecule has 3 N–H and O–H groups in total. The molecule has 7 rings (SSSR count). The second-order valence-electron chi connectivity index (χ2n) is 11.1. The molecule has 5 aliphatic rings. The molecule has 5 unspecified atom stereocenters. The maximum atomic E-state index is 13.6. The zero-order chi connectivity index (χ0) is 22.2. The minimum atomic E-state index is -0.967. The molecule has 1 aromatic heterocycles. The number of aromatic carboxylic acids is 1. The Labute approximate surface area is 188 Å². The molecular weight excluding hydrogens is 404 g/mol. The predicted molar refractivity (Wildman–Crippen MR) is 121 cm³/mol. The number of aliphatic hydroxyl groups is 1. The number of nitrogens with zero attached hydrogens (tertiary/aromatic N) is 1. The van der Waals surface area contributed by atoms with Gasteiger partial charge in [0.1, 0.15) is 5.69 Å². The van der Waals surface area contributed by atoms with Crippen LogP contribution in [0.2, 0.25) is 0 Å². The fraction of sp³-hybridized carbons (Fsp3) is 0.615. The molecule has 5 atom stereocenters. The van der Waals surface area contributed by atoms with Crippen molar-refractivity contribution in [3.8, 4) is 0 Å². The van der Waals surface area contributed by atoms with Crippen LogP contribution < -0.4 is 0 Å². The van der Waals surface area contributed by atoms with Crippen LogP contribution in [0.15, 0.2) is 18.2 Å². The van der Waals surface area contributed by atoms with Gasteiger partial charge in [0.15, 0.2) is 0 Å². The summed E-state index contributed by atoms with van der Waals surface area (Å²) in [5, 5.41) is 21.9. The van der Waals surface area contributed by atoms with Crippen LogP contribution in [0.25, 0.3) is 10.9 Å². The van der Waals surface area contributed by atoms with E-state index in [-0.39, 0.29) is 23.6 Å². The third kappa shape index (κ3) is 3.26. The minimum absolute atomic E-state index is 0.105. The summed E-state index contributed by atoms with van der Waals surface area (Å²) in [6, 6.07) is 6.17. The summed E-state index contributed by atoms with van der Waals surface area (Å²) in [6.45, 7) is 2.73. The van der Waals surface area contributed by atoms with Crippen molar-refractivity contribution in [1.82, 2.24) is 9.88 Å². The van der Waals surface area contributed by atoms with E-state index >= 15 is 0 Å². The van der Waals surface area contributed by atoms with Crippen molar-refractivity contribution >= 4 is 22.8 Å². The van der Waals surface area contributed by atoms with Gasteiger partial charge in [-0.05, 0) is 85.8 Å². The van der Waals surface area contributed by atoms with Crippen molar-refractivity contribution in [3.63, 3.8) is 0 Å². The Kier molecular flexibility index (Phi) is 4.49. The average molecular weight is 437 g/mol. The quantitative estimate of drug-likeness (QED) is 0.648. The van der Waals surface area contributed by atoms with Gasteiger partial charge in [0.2, 0.25) is 5.91 Å². The third-order valence-electron chi connectivity index (χ3n) is 8.54. The number of carbonyl (C=O) groups excluding carboxylic acids is 1. The number of carboxylic acid groups (broad SMARTS) is 1. The smallest absolute Gasteiger partial charge is 0.352 e. The lowest BCUT2D eigenvalue weighted by Gasteiger charge is -2.45. The number of nitrogens with one attached hydrogen (secondary N) is 1. The summed E-state index contributed by atoms with van der Waals surface area (Å²) in [6.07, 6.45) is 7.10. The summed E-state index contributed by atoms with van der Waals surface area (Å²) in [5.74, 6) is 0.355. The highest BCUT2D eigenvalue weighted by atomic mass is 16.4. The van der Waals surface area contributed by atoms with E-state index < -0.39 is 11.6 Å². The maximum Gasteiger partial charge on any atom is 0.352 e. The Hall–Kier alpha value is -2.34. The molecule has 2 aliphatic heterocycles. The first kappa shape index (κ1) is 20.3. The standard InChI is InChI=1S/C26H32N2O4/c1-14(7-21(29)28-13-16-8-15-9-18(28)12-26(32,10-15)11-16)22-23-19(17-5-6-17)3-2-4-20(23)27-24(22)25(30)31/h2-4,14-18,27,32H,5-13H2,1H3,(H,30,31). The maximum absolute atomic E-state index is 13.6. The molecule has 3 heterocycles. The van der Waals surface area contributed by atoms with Crippen molar-refractivity contribution < 1.29 is 19.8 Å². The van der Waals surface area contributed by atoms with E-state index in [1.807, 2.05) is 24.0 Å². The molecular formula is C26H32N2O4. The summed E-state index contributed by atoms with van der Waals surface area (Å²) in [5.41, 5.74) is 2.48. The van der Waals surface area contributed by atoms with E-state index in [0.29, 0.717) is 30.6 Å². The Morgan fingerprint density at radius 2 is 1.97 bits per heavy atom. The minimum Gasteiger partial charge on any atom is -0.477 e. The summed E-state index contributed by atoms with van der Waals surface area (Å²) in [7, 11) is 0. The molecule has 3 aliphatic carbocycles. The molecule has 5 fully saturated rings. The van der Waals surface area contributed by atoms with Gasteiger partial charge < -0.3 is 20.1 Å². The summed E-state index contributed by atoms with van der Waals surface area (Å²) >= 11 is 0. The van der Waals surface area contributed by atoms with Gasteiger partial charge in [-0.15, -0.1) is 0 Å². The van der Waals surface area contributed by atoms with Crippen LogP contribution in [0, 0.1) is 11.8 Å². The Bertz CT molecular complexity index is 1100. The van der Waals surface area contributed by atoms with Gasteiger partial charge in [0.25, 0.3) is 0 Å². The molecule has 2 saturated heterocycles. The van der Waals surface area contributed by atoms with Crippen LogP contribution in [-0.4, -0.2) is 50.2 Å². The van der Waals surface area contributed by atoms with Crippen LogP contribution >= 0.6 is 0 Å². The largest absolute Gasteiger partial charge is 0.477 e. The van der Waals surface area contributed by atoms with E-state index in [9.17, 15) is 19.8 Å². The molecule has 170 valence electrons. The van der Waals surface area contributed by atoms with Crippen molar-refractivity contribution in [3.05, 3.63) is 35.0 Å². The highest BCUT2D eigenvalue weighted by Gasteiger charge is 2.51. The number of hydrogen-bond donors (Lipinski definition) is 3. The lowest BCUT2D eigenvalue weighted by molar-refractivity contribution is -0.135. The average Bonchev–Trinajstić information content (AvgIpc) is 3.50. The number of aromatic nitrogens is 1. The normalized spacial score (nSPS) is 32.3. The zero-order valence-corrected chi connectivity index (χ0v) is 18.6. The van der Waals surface area contributed by atoms with E-state index in [4.69, 9.17) is 0 Å². The highest BCUT2D eigenvalue weighted by molar-refractivity contribution is 6.00. The number of amides is 1. The van der Waals surface area contributed by atoms with Gasteiger partial charge in [0, 0.05) is 29.9 Å². The first-order valence-corrected chi connectivity index (χ1v) is 12.2. The fourth-order valence-electron chi connectivity index (χ4n) is 7.34. The molecule has 32 heavy (non-hydrogen) atoms. The van der Waals surface area contributed by atoms with Gasteiger partial charge in [-0.3, -0.25) is 4.79 Å². The predicted octanol–water partition coefficient (Wildman–Crippen LogP) is 4.39. The van der Waals surface area contributed by atoms with Crippen molar-refractivity contribution in [2.24, 2.45) is 11.8 Å². The molecule has 1 aromatic carbocycles. The number of H-pyrrole nitrogens is 1. The second kappa shape index (κ2) is 7.08. The van der Waals surface area contributed by atoms with E-state index in [1.54, 1.807) is 0 Å². The van der Waals surface area contributed by atoms with Crippen LogP contribution in [0.4, 0.5) is 0 Å². The number of rotatable bonds is 5. The van der Waals surface area contributed by atoms with Crippen molar-refractivity contribution in [1.29, 1.82) is 0 Å². The SMILES string of the molecule is CC(CC(=O)N1CC2CC3CC1CC(O)(C3)C2)c1c(C(=O)O)[nH]c2cccc(C3CC3)c12. The van der Waals surface area contributed by atoms with Gasteiger partial charge >= 0.3 is 5.97 Å². The molecule has 6 heteroatoms. The second-order valence-corrected chi connectivity index (χ2v) is 11.1. The molecule has 0 spiro atoms. The third-order valence-corrected chi connectivity index (χ3v) is 8.54. The molecule has 3 saturated carbocycles. The number of hydrogen-bond acceptors (Lipinski definition) is 3. The molecule has 6 nitrogen and oxygen atoms in total. The molecule has 0 radical (unpaired) electrons. The van der Waals surface area contributed by atoms with Gasteiger partial charge in [-0.2, -0.15) is 0 Å². The summed E-state index contributed by atoms with van der Waals surface area (Å²) in [4.78, 5) is 30.8. The van der Waals surface area contributed by atoms with E-state index in [2.05, 4.69) is 11.1 Å². The Morgan fingerprint density at radius 3 is 2.69 bits per heavy atom. The highest BCUT2D eigenvalue weighted by Crippen LogP contribution is 2.50. The molecule has 1 amide bonds. The van der Waals surface area contributed by atoms with Crippen LogP contribution in [0.5, 0.6) is 0 Å². The number of carbonyl (C=O) groups is 2. The number of fused-ring (bicyclic) bond motifs is 2. The number of benzene rings is 1. The summed E-state index contributed by atoms with van der Waals surface area (Å²) < 4.78 is 0. The lowest BCUT2D eigenvalue weighted by atomic mass is 9.65. The van der Waals surface area contributed by atoms with Gasteiger partial charge in [0.05, 0.1) is 5.60 Å². The zero-order valence-electron chi connectivity index (χ0n) is 18.6. The number of aromatic amines is 1. The molecule has 4 bridgehead atoms.